The summed E-state index contributed by atoms with van der Waals surface area (Å²) in [6.45, 7) is 5.92. The van der Waals surface area contributed by atoms with Crippen LogP contribution >= 0.6 is 24.8 Å². The third-order valence-corrected chi connectivity index (χ3v) is 4.54. The summed E-state index contributed by atoms with van der Waals surface area (Å²) < 4.78 is 0. The van der Waals surface area contributed by atoms with Gasteiger partial charge < -0.3 is 10.2 Å². The third kappa shape index (κ3) is 3.87. The molecule has 21 heavy (non-hydrogen) atoms. The van der Waals surface area contributed by atoms with Gasteiger partial charge in [-0.1, -0.05) is 0 Å². The SMILES string of the molecule is Cc1ncccc1C(=O)N1CC[C@@H]2CNC[C@@H]2CC1.Cl.Cl. The number of aromatic nitrogens is 1. The lowest BCUT2D eigenvalue weighted by atomic mass is 9.92. The largest absolute Gasteiger partial charge is 0.339 e. The molecule has 1 N–H and O–H groups in total. The van der Waals surface area contributed by atoms with E-state index in [2.05, 4.69) is 10.3 Å². The summed E-state index contributed by atoms with van der Waals surface area (Å²) in [4.78, 5) is 18.8. The highest BCUT2D eigenvalue weighted by molar-refractivity contribution is 5.95. The molecule has 4 nitrogen and oxygen atoms in total. The fourth-order valence-corrected chi connectivity index (χ4v) is 3.30. The maximum atomic E-state index is 12.6. The van der Waals surface area contributed by atoms with Crippen molar-refractivity contribution in [1.29, 1.82) is 0 Å². The zero-order valence-electron chi connectivity index (χ0n) is 12.2. The Hall–Kier alpha value is -0.840. The smallest absolute Gasteiger partial charge is 0.255 e. The molecule has 2 saturated heterocycles. The zero-order valence-corrected chi connectivity index (χ0v) is 13.9. The van der Waals surface area contributed by atoms with Crippen LogP contribution in [0.5, 0.6) is 0 Å². The van der Waals surface area contributed by atoms with E-state index in [9.17, 15) is 4.79 Å². The van der Waals surface area contributed by atoms with Crippen LogP contribution in [0.2, 0.25) is 0 Å². The molecule has 6 heteroatoms. The van der Waals surface area contributed by atoms with Gasteiger partial charge >= 0.3 is 0 Å². The third-order valence-electron chi connectivity index (χ3n) is 4.54. The average Bonchev–Trinajstić information content (AvgIpc) is 2.78. The number of amides is 1. The molecule has 0 unspecified atom stereocenters. The van der Waals surface area contributed by atoms with Gasteiger partial charge in [0.25, 0.3) is 5.91 Å². The monoisotopic (exact) mass is 331 g/mol. The number of aryl methyl sites for hydroxylation is 1. The molecule has 1 aromatic heterocycles. The van der Waals surface area contributed by atoms with E-state index in [0.29, 0.717) is 0 Å². The molecule has 2 fully saturated rings. The van der Waals surface area contributed by atoms with Gasteiger partial charge in [-0.15, -0.1) is 24.8 Å². The highest BCUT2D eigenvalue weighted by Crippen LogP contribution is 2.27. The molecular formula is C15H23Cl2N3O. The van der Waals surface area contributed by atoms with Crippen molar-refractivity contribution >= 4 is 30.7 Å². The Morgan fingerprint density at radius 3 is 2.43 bits per heavy atom. The van der Waals surface area contributed by atoms with E-state index >= 15 is 0 Å². The molecule has 0 spiro atoms. The van der Waals surface area contributed by atoms with E-state index in [4.69, 9.17) is 0 Å². The van der Waals surface area contributed by atoms with Gasteiger partial charge in [0.15, 0.2) is 0 Å². The molecule has 0 aliphatic carbocycles. The number of fused-ring (bicyclic) bond motifs is 1. The number of carbonyl (C=O) groups excluding carboxylic acids is 1. The molecular weight excluding hydrogens is 309 g/mol. The fraction of sp³-hybridized carbons (Fsp3) is 0.600. The Morgan fingerprint density at radius 1 is 1.24 bits per heavy atom. The maximum absolute atomic E-state index is 12.6. The molecule has 2 aliphatic heterocycles. The Kier molecular flexibility index (Phi) is 6.91. The van der Waals surface area contributed by atoms with Gasteiger partial charge in [0.1, 0.15) is 0 Å². The highest BCUT2D eigenvalue weighted by Gasteiger charge is 2.31. The topological polar surface area (TPSA) is 45.2 Å². The van der Waals surface area contributed by atoms with Crippen molar-refractivity contribution < 1.29 is 4.79 Å². The van der Waals surface area contributed by atoms with Crippen molar-refractivity contribution in [3.63, 3.8) is 0 Å². The first-order chi connectivity index (χ1) is 9.25. The standard InChI is InChI=1S/C15H21N3O.2ClH/c1-11-14(3-2-6-17-11)15(19)18-7-4-12-9-16-10-13(12)5-8-18;;/h2-3,6,12-13,16H,4-5,7-10H2,1H3;2*1H/t12-,13+;;. The lowest BCUT2D eigenvalue weighted by molar-refractivity contribution is 0.0757. The molecule has 1 amide bonds. The van der Waals surface area contributed by atoms with Gasteiger partial charge in [-0.05, 0) is 56.8 Å². The van der Waals surface area contributed by atoms with Gasteiger partial charge in [0.2, 0.25) is 0 Å². The summed E-state index contributed by atoms with van der Waals surface area (Å²) in [5.74, 6) is 1.67. The molecule has 0 radical (unpaired) electrons. The van der Waals surface area contributed by atoms with Gasteiger partial charge in [0, 0.05) is 25.0 Å². The molecule has 0 saturated carbocycles. The van der Waals surface area contributed by atoms with Crippen LogP contribution in [0.15, 0.2) is 18.3 Å². The molecule has 2 atom stereocenters. The summed E-state index contributed by atoms with van der Waals surface area (Å²) >= 11 is 0. The average molecular weight is 332 g/mol. The summed E-state index contributed by atoms with van der Waals surface area (Å²) in [6, 6.07) is 3.73. The Labute approximate surface area is 138 Å². The van der Waals surface area contributed by atoms with Gasteiger partial charge in [-0.2, -0.15) is 0 Å². The summed E-state index contributed by atoms with van der Waals surface area (Å²) in [5, 5.41) is 3.46. The quantitative estimate of drug-likeness (QED) is 0.858. The predicted octanol–water partition coefficient (Wildman–Crippen LogP) is 2.31. The van der Waals surface area contributed by atoms with Crippen LogP contribution < -0.4 is 5.32 Å². The highest BCUT2D eigenvalue weighted by atomic mass is 35.5. The summed E-state index contributed by atoms with van der Waals surface area (Å²) in [5.41, 5.74) is 1.59. The van der Waals surface area contributed by atoms with Crippen LogP contribution in [0.3, 0.4) is 0 Å². The molecule has 3 heterocycles. The number of rotatable bonds is 1. The van der Waals surface area contributed by atoms with Crippen molar-refractivity contribution in [2.75, 3.05) is 26.2 Å². The lowest BCUT2D eigenvalue weighted by Gasteiger charge is -2.21. The first-order valence-corrected chi connectivity index (χ1v) is 7.17. The second-order valence-electron chi connectivity index (χ2n) is 5.68. The lowest BCUT2D eigenvalue weighted by Crippen LogP contribution is -2.33. The second-order valence-corrected chi connectivity index (χ2v) is 5.68. The molecule has 3 rings (SSSR count). The maximum Gasteiger partial charge on any atom is 0.255 e. The predicted molar refractivity (Wildman–Crippen MR) is 88.5 cm³/mol. The number of hydrogen-bond donors (Lipinski definition) is 1. The first-order valence-electron chi connectivity index (χ1n) is 7.17. The van der Waals surface area contributed by atoms with E-state index < -0.39 is 0 Å². The minimum Gasteiger partial charge on any atom is -0.339 e. The number of hydrogen-bond acceptors (Lipinski definition) is 3. The van der Waals surface area contributed by atoms with E-state index in [0.717, 1.165) is 62.1 Å². The Morgan fingerprint density at radius 2 is 1.86 bits per heavy atom. The first kappa shape index (κ1) is 18.2. The van der Waals surface area contributed by atoms with Crippen molar-refractivity contribution in [3.8, 4) is 0 Å². The minimum atomic E-state index is 0. The van der Waals surface area contributed by atoms with Crippen LogP contribution in [0.25, 0.3) is 0 Å². The number of halogens is 2. The summed E-state index contributed by atoms with van der Waals surface area (Å²) in [7, 11) is 0. The van der Waals surface area contributed by atoms with E-state index in [1.54, 1.807) is 6.20 Å². The number of likely N-dealkylation sites (tertiary alicyclic amines) is 1. The van der Waals surface area contributed by atoms with Crippen LogP contribution in [-0.2, 0) is 0 Å². The summed E-state index contributed by atoms with van der Waals surface area (Å²) in [6.07, 6.45) is 4.00. The van der Waals surface area contributed by atoms with Gasteiger partial charge in [-0.3, -0.25) is 9.78 Å². The van der Waals surface area contributed by atoms with Crippen molar-refractivity contribution in [2.45, 2.75) is 19.8 Å². The van der Waals surface area contributed by atoms with E-state index in [-0.39, 0.29) is 30.7 Å². The molecule has 118 valence electrons. The molecule has 2 aliphatic rings. The van der Waals surface area contributed by atoms with E-state index in [1.807, 2.05) is 24.0 Å². The number of carbonyl (C=O) groups is 1. The van der Waals surface area contributed by atoms with Crippen molar-refractivity contribution in [2.24, 2.45) is 11.8 Å². The Bertz CT molecular complexity index is 470. The normalized spacial score (nSPS) is 24.3. The van der Waals surface area contributed by atoms with Gasteiger partial charge in [0.05, 0.1) is 5.56 Å². The van der Waals surface area contributed by atoms with Crippen LogP contribution in [0, 0.1) is 18.8 Å². The van der Waals surface area contributed by atoms with Crippen LogP contribution in [0.1, 0.15) is 28.9 Å². The van der Waals surface area contributed by atoms with Crippen LogP contribution in [0.4, 0.5) is 0 Å². The number of nitrogens with one attached hydrogen (secondary N) is 1. The number of nitrogens with zero attached hydrogens (tertiary/aromatic N) is 2. The zero-order chi connectivity index (χ0) is 13.2. The van der Waals surface area contributed by atoms with Crippen molar-refractivity contribution in [3.05, 3.63) is 29.6 Å². The molecule has 1 aromatic rings. The van der Waals surface area contributed by atoms with E-state index in [1.165, 1.54) is 0 Å². The van der Waals surface area contributed by atoms with Crippen LogP contribution in [-0.4, -0.2) is 42.0 Å². The molecule has 0 aromatic carbocycles. The second kappa shape index (κ2) is 7.97. The minimum absolute atomic E-state index is 0. The van der Waals surface area contributed by atoms with Gasteiger partial charge in [-0.25, -0.2) is 0 Å². The fourth-order valence-electron chi connectivity index (χ4n) is 3.30. The molecule has 0 bridgehead atoms. The van der Waals surface area contributed by atoms with Crippen molar-refractivity contribution in [1.82, 2.24) is 15.2 Å². The Balaban J connectivity index is 0.00000110. The number of pyridine rings is 1.